The van der Waals surface area contributed by atoms with Crippen LogP contribution in [0.3, 0.4) is 0 Å². The van der Waals surface area contributed by atoms with Gasteiger partial charge in [0.15, 0.2) is 6.10 Å². The van der Waals surface area contributed by atoms with E-state index in [2.05, 4.69) is 19.1 Å². The van der Waals surface area contributed by atoms with Crippen LogP contribution in [0.25, 0.3) is 0 Å². The zero-order valence-electron chi connectivity index (χ0n) is 12.5. The van der Waals surface area contributed by atoms with Crippen molar-refractivity contribution in [3.63, 3.8) is 0 Å². The molecular weight excluding hydrogens is 321 g/mol. The molecule has 1 unspecified atom stereocenters. The Balaban J connectivity index is 4.23. The zero-order chi connectivity index (χ0) is 17.2. The van der Waals surface area contributed by atoms with Gasteiger partial charge in [0.25, 0.3) is 7.82 Å². The first kappa shape index (κ1) is 20.5. The fourth-order valence-corrected chi connectivity index (χ4v) is 1.90. The number of amides is 1. The molecule has 0 saturated carbocycles. The van der Waals surface area contributed by atoms with Crippen molar-refractivity contribution in [1.29, 1.82) is 0 Å². The van der Waals surface area contributed by atoms with E-state index in [0.717, 1.165) is 13.8 Å². The van der Waals surface area contributed by atoms with E-state index in [0.29, 0.717) is 0 Å². The number of nitrogens with one attached hydrogen (secondary N) is 1. The van der Waals surface area contributed by atoms with E-state index in [9.17, 15) is 23.8 Å². The van der Waals surface area contributed by atoms with Gasteiger partial charge in [0.2, 0.25) is 5.91 Å². The third-order valence-electron chi connectivity index (χ3n) is 1.95. The molecule has 2 atom stereocenters. The molecule has 1 N–H and O–H groups in total. The van der Waals surface area contributed by atoms with Gasteiger partial charge in [-0.15, -0.1) is 0 Å². The average Bonchev–Trinajstić information content (AvgIpc) is 2.37. The number of rotatable bonds is 10. The molecule has 128 valence electrons. The molecule has 0 aliphatic carbocycles. The molecule has 0 spiro atoms. The lowest BCUT2D eigenvalue weighted by Crippen LogP contribution is -2.29. The van der Waals surface area contributed by atoms with Crippen LogP contribution in [0.2, 0.25) is 0 Å². The molecule has 0 aromatic rings. The van der Waals surface area contributed by atoms with E-state index >= 15 is 0 Å². The molecule has 1 amide bonds. The predicted molar refractivity (Wildman–Crippen MR) is 70.4 cm³/mol. The molecule has 0 fully saturated rings. The highest BCUT2D eigenvalue weighted by Gasteiger charge is 2.18. The smallest absolute Gasteiger partial charge is 0.303 e. The minimum atomic E-state index is -4.63. The van der Waals surface area contributed by atoms with Gasteiger partial charge in [-0.05, 0) is 0 Å². The van der Waals surface area contributed by atoms with Crippen molar-refractivity contribution < 1.29 is 42.4 Å². The summed E-state index contributed by atoms with van der Waals surface area (Å²) in [6.45, 7) is 2.31. The van der Waals surface area contributed by atoms with E-state index in [1.165, 1.54) is 6.92 Å². The number of phosphoric acid groups is 1. The summed E-state index contributed by atoms with van der Waals surface area (Å²) >= 11 is 0. The topological polar surface area (TPSA) is 140 Å². The Bertz CT molecular complexity index is 439. The quantitative estimate of drug-likeness (QED) is 0.305. The molecule has 0 aromatic carbocycles. The Labute approximate surface area is 127 Å². The molecule has 0 radical (unpaired) electrons. The first-order valence-electron chi connectivity index (χ1n) is 6.27. The van der Waals surface area contributed by atoms with Crippen molar-refractivity contribution in [3.05, 3.63) is 0 Å². The lowest BCUT2D eigenvalue weighted by Gasteiger charge is -2.25. The normalized spacial score (nSPS) is 14.5. The van der Waals surface area contributed by atoms with Gasteiger partial charge >= 0.3 is 11.9 Å². The highest BCUT2D eigenvalue weighted by Crippen LogP contribution is 2.38. The average molecular weight is 340 g/mol. The largest absolute Gasteiger partial charge is 0.756 e. The molecule has 11 heteroatoms. The summed E-state index contributed by atoms with van der Waals surface area (Å²) < 4.78 is 29.8. The van der Waals surface area contributed by atoms with Crippen molar-refractivity contribution in [2.45, 2.75) is 26.9 Å². The minimum absolute atomic E-state index is 0.00819. The molecule has 0 rings (SSSR count). The van der Waals surface area contributed by atoms with Gasteiger partial charge in [0.05, 0.1) is 13.2 Å². The van der Waals surface area contributed by atoms with Gasteiger partial charge in [0.1, 0.15) is 6.61 Å². The highest BCUT2D eigenvalue weighted by molar-refractivity contribution is 7.45. The van der Waals surface area contributed by atoms with E-state index in [-0.39, 0.29) is 25.7 Å². The van der Waals surface area contributed by atoms with Gasteiger partial charge in [0, 0.05) is 27.3 Å². The van der Waals surface area contributed by atoms with Crippen LogP contribution in [0.15, 0.2) is 0 Å². The van der Waals surface area contributed by atoms with Crippen LogP contribution in [0.4, 0.5) is 0 Å². The number of ether oxygens (including phenoxy) is 2. The number of carbonyl (C=O) groups excluding carboxylic acids is 3. The number of esters is 2. The van der Waals surface area contributed by atoms with Gasteiger partial charge < -0.3 is 28.7 Å². The maximum absolute atomic E-state index is 11.4. The van der Waals surface area contributed by atoms with Gasteiger partial charge in [-0.25, -0.2) is 0 Å². The number of hydrogen-bond acceptors (Lipinski definition) is 9. The minimum Gasteiger partial charge on any atom is -0.756 e. The van der Waals surface area contributed by atoms with Crippen LogP contribution in [-0.2, 0) is 37.5 Å². The molecule has 22 heavy (non-hydrogen) atoms. The monoisotopic (exact) mass is 340 g/mol. The van der Waals surface area contributed by atoms with Crippen molar-refractivity contribution in [2.24, 2.45) is 0 Å². The lowest BCUT2D eigenvalue weighted by molar-refractivity contribution is -0.228. The van der Waals surface area contributed by atoms with Crippen LogP contribution >= 0.6 is 7.82 Å². The lowest BCUT2D eigenvalue weighted by atomic mass is 10.4. The predicted octanol–water partition coefficient (Wildman–Crippen LogP) is -0.881. The first-order chi connectivity index (χ1) is 10.1. The van der Waals surface area contributed by atoms with Crippen LogP contribution < -0.4 is 10.2 Å². The Morgan fingerprint density at radius 3 is 2.23 bits per heavy atom. The summed E-state index contributed by atoms with van der Waals surface area (Å²) in [4.78, 5) is 43.6. The fourth-order valence-electron chi connectivity index (χ4n) is 1.16. The van der Waals surface area contributed by atoms with Crippen molar-refractivity contribution in [2.75, 3.05) is 26.4 Å². The van der Waals surface area contributed by atoms with E-state index in [1.54, 1.807) is 0 Å². The summed E-state index contributed by atoms with van der Waals surface area (Å²) in [7, 11) is -4.63. The van der Waals surface area contributed by atoms with E-state index in [4.69, 9.17) is 4.74 Å². The molecule has 0 bridgehead atoms. The van der Waals surface area contributed by atoms with Crippen molar-refractivity contribution in [3.8, 4) is 0 Å². The summed E-state index contributed by atoms with van der Waals surface area (Å²) in [5, 5.41) is 2.34. The Hall–Kier alpha value is -1.48. The maximum Gasteiger partial charge on any atom is 0.303 e. The van der Waals surface area contributed by atoms with Crippen LogP contribution in [0.1, 0.15) is 20.8 Å². The molecule has 0 heterocycles. The maximum atomic E-state index is 11.4. The second-order valence-electron chi connectivity index (χ2n) is 4.09. The molecule has 0 saturated heterocycles. The third kappa shape index (κ3) is 12.3. The Morgan fingerprint density at radius 1 is 1.09 bits per heavy atom. The van der Waals surface area contributed by atoms with Crippen LogP contribution in [-0.4, -0.2) is 50.3 Å². The number of phosphoric ester groups is 1. The van der Waals surface area contributed by atoms with Crippen molar-refractivity contribution in [1.82, 2.24) is 5.32 Å². The summed E-state index contributed by atoms with van der Waals surface area (Å²) in [6, 6.07) is 0. The van der Waals surface area contributed by atoms with Crippen LogP contribution in [0.5, 0.6) is 0 Å². The molecule has 0 aliphatic heterocycles. The van der Waals surface area contributed by atoms with E-state index in [1.807, 2.05) is 0 Å². The summed E-state index contributed by atoms with van der Waals surface area (Å²) in [5.74, 6) is -1.64. The summed E-state index contributed by atoms with van der Waals surface area (Å²) in [5.41, 5.74) is 0. The molecular formula is C11H19NO9P-. The standard InChI is InChI=1S/C11H20NO9P/c1-8(13)12-4-5-19-22(16,17)20-7-11(21-10(3)15)6-18-9(2)14/h11H,4-7H2,1-3H3,(H,12,13)(H,16,17)/p-1/t11-/m1/s1. The SMILES string of the molecule is CC(=O)NCCOP(=O)([O-])OC[C@@H](COC(C)=O)OC(C)=O. The van der Waals surface area contributed by atoms with Gasteiger partial charge in [-0.2, -0.15) is 0 Å². The van der Waals surface area contributed by atoms with Crippen molar-refractivity contribution >= 4 is 25.7 Å². The third-order valence-corrected chi connectivity index (χ3v) is 2.91. The Morgan fingerprint density at radius 2 is 1.73 bits per heavy atom. The molecule has 0 aliphatic rings. The van der Waals surface area contributed by atoms with Crippen LogP contribution in [0, 0.1) is 0 Å². The van der Waals surface area contributed by atoms with Gasteiger partial charge in [-0.1, -0.05) is 0 Å². The second kappa shape index (κ2) is 10.3. The fraction of sp³-hybridized carbons (Fsp3) is 0.727. The second-order valence-corrected chi connectivity index (χ2v) is 5.50. The summed E-state index contributed by atoms with van der Waals surface area (Å²) in [6.07, 6.45) is -1.08. The molecule has 0 aromatic heterocycles. The highest BCUT2D eigenvalue weighted by atomic mass is 31.2. The van der Waals surface area contributed by atoms with Gasteiger partial charge in [-0.3, -0.25) is 18.9 Å². The number of hydrogen-bond donors (Lipinski definition) is 1. The number of carbonyl (C=O) groups is 3. The first-order valence-corrected chi connectivity index (χ1v) is 7.73. The molecule has 10 nitrogen and oxygen atoms in total. The van der Waals surface area contributed by atoms with E-state index < -0.39 is 32.5 Å². The Kier molecular flexibility index (Phi) is 9.59. The zero-order valence-corrected chi connectivity index (χ0v) is 13.4.